The van der Waals surface area contributed by atoms with Crippen LogP contribution in [0.5, 0.6) is 0 Å². The van der Waals surface area contributed by atoms with E-state index in [9.17, 15) is 14.0 Å². The van der Waals surface area contributed by atoms with Gasteiger partial charge in [-0.05, 0) is 65.7 Å². The van der Waals surface area contributed by atoms with Crippen LogP contribution in [0.25, 0.3) is 10.6 Å². The molecule has 1 atom stereocenters. The van der Waals surface area contributed by atoms with E-state index in [2.05, 4.69) is 24.3 Å². The SMILES string of the molecule is CC(C)c1ccc(N2C(=O)c3cc(-c4cccs4)nn3C[C@]2(C)C(=O)NCc2ccc(F)cc2)cc1. The topological polar surface area (TPSA) is 67.2 Å². The normalized spacial score (nSPS) is 17.4. The van der Waals surface area contributed by atoms with Gasteiger partial charge in [-0.2, -0.15) is 5.10 Å². The van der Waals surface area contributed by atoms with E-state index >= 15 is 0 Å². The van der Waals surface area contributed by atoms with Gasteiger partial charge in [0.2, 0.25) is 5.91 Å². The number of carbonyl (C=O) groups is 2. The van der Waals surface area contributed by atoms with Crippen LogP contribution >= 0.6 is 11.3 Å². The van der Waals surface area contributed by atoms with Crippen LogP contribution in [0.3, 0.4) is 0 Å². The van der Waals surface area contributed by atoms with Crippen molar-refractivity contribution in [2.75, 3.05) is 4.90 Å². The van der Waals surface area contributed by atoms with E-state index in [0.717, 1.165) is 16.0 Å². The van der Waals surface area contributed by atoms with Gasteiger partial charge >= 0.3 is 0 Å². The number of nitrogens with zero attached hydrogens (tertiary/aromatic N) is 3. The number of carbonyl (C=O) groups excluding carboxylic acids is 2. The van der Waals surface area contributed by atoms with E-state index in [1.54, 1.807) is 46.0 Å². The van der Waals surface area contributed by atoms with Crippen LogP contribution in [0.1, 0.15) is 48.3 Å². The lowest BCUT2D eigenvalue weighted by Gasteiger charge is -2.43. The number of hydrogen-bond acceptors (Lipinski definition) is 4. The Morgan fingerprint density at radius 2 is 1.86 bits per heavy atom. The van der Waals surface area contributed by atoms with Gasteiger partial charge in [-0.25, -0.2) is 4.39 Å². The first-order valence-corrected chi connectivity index (χ1v) is 12.7. The molecule has 2 amide bonds. The summed E-state index contributed by atoms with van der Waals surface area (Å²) in [6.07, 6.45) is 0. The Bertz CT molecular complexity index is 1390. The molecule has 1 aliphatic rings. The van der Waals surface area contributed by atoms with Crippen LogP contribution in [0.2, 0.25) is 0 Å². The first kappa shape index (κ1) is 23.9. The molecule has 1 aliphatic heterocycles. The van der Waals surface area contributed by atoms with Gasteiger partial charge < -0.3 is 5.32 Å². The van der Waals surface area contributed by atoms with Crippen molar-refractivity contribution in [3.8, 4) is 10.6 Å². The fourth-order valence-electron chi connectivity index (χ4n) is 4.51. The molecule has 0 radical (unpaired) electrons. The molecule has 2 aromatic heterocycles. The summed E-state index contributed by atoms with van der Waals surface area (Å²) in [6, 6.07) is 19.4. The molecular weight excluding hydrogens is 475 g/mol. The zero-order valence-electron chi connectivity index (χ0n) is 20.4. The molecule has 184 valence electrons. The fraction of sp³-hybridized carbons (Fsp3) is 0.250. The lowest BCUT2D eigenvalue weighted by molar-refractivity contribution is -0.126. The molecule has 0 unspecified atom stereocenters. The molecule has 0 saturated carbocycles. The Hall–Kier alpha value is -3.78. The number of amides is 2. The molecule has 2 aromatic carbocycles. The standard InChI is InChI=1S/C28H27FN4O2S/c1-18(2)20-8-12-22(13-9-20)33-26(34)24-15-23(25-5-4-14-36-25)31-32(24)17-28(33,3)27(35)30-16-19-6-10-21(29)11-7-19/h4-15,18H,16-17H2,1-3H3,(H,30,35)/t28-/m1/s1. The van der Waals surface area contributed by atoms with Crippen molar-refractivity contribution in [1.82, 2.24) is 15.1 Å². The van der Waals surface area contributed by atoms with Crippen LogP contribution in [-0.4, -0.2) is 27.1 Å². The van der Waals surface area contributed by atoms with Crippen molar-refractivity contribution in [2.45, 2.75) is 45.3 Å². The molecule has 0 saturated heterocycles. The maximum absolute atomic E-state index is 13.9. The summed E-state index contributed by atoms with van der Waals surface area (Å²) in [7, 11) is 0. The smallest absolute Gasteiger partial charge is 0.277 e. The third-order valence-electron chi connectivity index (χ3n) is 6.60. The maximum Gasteiger partial charge on any atom is 0.277 e. The molecule has 3 heterocycles. The number of anilines is 1. The van der Waals surface area contributed by atoms with Crippen molar-refractivity contribution in [3.05, 3.63) is 94.7 Å². The van der Waals surface area contributed by atoms with Crippen molar-refractivity contribution < 1.29 is 14.0 Å². The first-order chi connectivity index (χ1) is 17.3. The highest BCUT2D eigenvalue weighted by Crippen LogP contribution is 2.35. The number of hydrogen-bond donors (Lipinski definition) is 1. The molecule has 0 bridgehead atoms. The number of nitrogens with one attached hydrogen (secondary N) is 1. The molecule has 0 fully saturated rings. The molecule has 4 aromatic rings. The van der Waals surface area contributed by atoms with Crippen LogP contribution in [-0.2, 0) is 17.9 Å². The van der Waals surface area contributed by atoms with Gasteiger partial charge in [0.25, 0.3) is 5.91 Å². The average molecular weight is 503 g/mol. The van der Waals surface area contributed by atoms with E-state index in [4.69, 9.17) is 0 Å². The average Bonchev–Trinajstić information content (AvgIpc) is 3.54. The van der Waals surface area contributed by atoms with Crippen LogP contribution in [0, 0.1) is 5.82 Å². The largest absolute Gasteiger partial charge is 0.350 e. The Kier molecular flexibility index (Phi) is 6.22. The summed E-state index contributed by atoms with van der Waals surface area (Å²) >= 11 is 1.55. The Morgan fingerprint density at radius 1 is 1.14 bits per heavy atom. The number of benzene rings is 2. The Labute approximate surface area is 213 Å². The summed E-state index contributed by atoms with van der Waals surface area (Å²) in [5.74, 6) is -0.588. The van der Waals surface area contributed by atoms with Gasteiger partial charge in [0, 0.05) is 12.2 Å². The van der Waals surface area contributed by atoms with Gasteiger partial charge in [0.05, 0.1) is 11.4 Å². The van der Waals surface area contributed by atoms with Crippen molar-refractivity contribution in [3.63, 3.8) is 0 Å². The van der Waals surface area contributed by atoms with E-state index in [1.807, 2.05) is 41.8 Å². The maximum atomic E-state index is 13.9. The van der Waals surface area contributed by atoms with Gasteiger partial charge in [0.15, 0.2) is 0 Å². The first-order valence-electron chi connectivity index (χ1n) is 11.9. The Morgan fingerprint density at radius 3 is 2.50 bits per heavy atom. The van der Waals surface area contributed by atoms with Gasteiger partial charge in [-0.3, -0.25) is 19.2 Å². The van der Waals surface area contributed by atoms with Gasteiger partial charge in [-0.15, -0.1) is 11.3 Å². The van der Waals surface area contributed by atoms with Gasteiger partial charge in [-0.1, -0.05) is 44.2 Å². The highest BCUT2D eigenvalue weighted by atomic mass is 32.1. The molecule has 6 nitrogen and oxygen atoms in total. The van der Waals surface area contributed by atoms with Gasteiger partial charge in [0.1, 0.15) is 22.7 Å². The second kappa shape index (κ2) is 9.35. The summed E-state index contributed by atoms with van der Waals surface area (Å²) in [5, 5.41) is 9.59. The predicted molar refractivity (Wildman–Crippen MR) is 140 cm³/mol. The van der Waals surface area contributed by atoms with Crippen LogP contribution < -0.4 is 10.2 Å². The van der Waals surface area contributed by atoms with E-state index in [1.165, 1.54) is 12.1 Å². The molecule has 0 aliphatic carbocycles. The third-order valence-corrected chi connectivity index (χ3v) is 7.49. The fourth-order valence-corrected chi connectivity index (χ4v) is 5.20. The van der Waals surface area contributed by atoms with Crippen LogP contribution in [0.15, 0.2) is 72.1 Å². The summed E-state index contributed by atoms with van der Waals surface area (Å²) in [4.78, 5) is 30.1. The van der Waals surface area contributed by atoms with Crippen LogP contribution in [0.4, 0.5) is 10.1 Å². The van der Waals surface area contributed by atoms with Crippen molar-refractivity contribution >= 4 is 28.8 Å². The lowest BCUT2D eigenvalue weighted by Crippen LogP contribution is -2.64. The quantitative estimate of drug-likeness (QED) is 0.373. The van der Waals surface area contributed by atoms with Crippen molar-refractivity contribution in [2.24, 2.45) is 0 Å². The molecule has 0 spiro atoms. The van der Waals surface area contributed by atoms with E-state index in [0.29, 0.717) is 23.0 Å². The monoisotopic (exact) mass is 502 g/mol. The zero-order chi connectivity index (χ0) is 25.4. The highest BCUT2D eigenvalue weighted by molar-refractivity contribution is 7.13. The minimum atomic E-state index is -1.23. The minimum absolute atomic E-state index is 0.195. The second-order valence-corrected chi connectivity index (χ2v) is 10.5. The third kappa shape index (κ3) is 4.33. The molecular formula is C28H27FN4O2S. The zero-order valence-corrected chi connectivity index (χ0v) is 21.2. The molecule has 1 N–H and O–H groups in total. The lowest BCUT2D eigenvalue weighted by atomic mass is 9.93. The summed E-state index contributed by atoms with van der Waals surface area (Å²) in [5.41, 5.74) is 2.48. The van der Waals surface area contributed by atoms with Crippen molar-refractivity contribution in [1.29, 1.82) is 0 Å². The predicted octanol–water partition coefficient (Wildman–Crippen LogP) is 5.61. The number of fused-ring (bicyclic) bond motifs is 1. The van der Waals surface area contributed by atoms with E-state index in [-0.39, 0.29) is 30.7 Å². The number of thiophene rings is 1. The summed E-state index contributed by atoms with van der Waals surface area (Å²) < 4.78 is 14.9. The minimum Gasteiger partial charge on any atom is -0.350 e. The summed E-state index contributed by atoms with van der Waals surface area (Å²) in [6.45, 7) is 6.39. The molecule has 5 rings (SSSR count). The number of aromatic nitrogens is 2. The number of rotatable bonds is 6. The molecule has 8 heteroatoms. The Balaban J connectivity index is 1.52. The second-order valence-electron chi connectivity index (χ2n) is 9.52. The highest BCUT2D eigenvalue weighted by Gasteiger charge is 2.48. The molecule has 36 heavy (non-hydrogen) atoms. The van der Waals surface area contributed by atoms with E-state index < -0.39 is 5.54 Å². The number of halogens is 1.